The molecule has 20 heavy (non-hydrogen) atoms. The van der Waals surface area contributed by atoms with E-state index in [4.69, 9.17) is 22.1 Å². The van der Waals surface area contributed by atoms with Gasteiger partial charge in [-0.2, -0.15) is 4.98 Å². The van der Waals surface area contributed by atoms with Crippen LogP contribution in [0.2, 0.25) is 5.02 Å². The molecule has 0 atom stereocenters. The molecule has 0 unspecified atom stereocenters. The molecule has 6 nitrogen and oxygen atoms in total. The lowest BCUT2D eigenvalue weighted by Gasteiger charge is -2.11. The number of methoxy groups -OCH3 is 1. The van der Waals surface area contributed by atoms with Crippen LogP contribution in [0.3, 0.4) is 0 Å². The Morgan fingerprint density at radius 3 is 2.80 bits per heavy atom. The molecular weight excluding hydrogens is 278 g/mol. The highest BCUT2D eigenvalue weighted by Gasteiger charge is 2.18. The first kappa shape index (κ1) is 12.7. The number of hydrogen-bond acceptors (Lipinski definition) is 5. The molecule has 0 radical (unpaired) electrons. The van der Waals surface area contributed by atoms with Crippen molar-refractivity contribution in [3.05, 3.63) is 35.1 Å². The molecule has 0 aliphatic heterocycles. The Bertz CT molecular complexity index is 779. The lowest BCUT2D eigenvalue weighted by molar-refractivity contribution is 0.401. The minimum atomic E-state index is 0.287. The Labute approximate surface area is 120 Å². The van der Waals surface area contributed by atoms with Crippen LogP contribution in [-0.2, 0) is 0 Å². The highest BCUT2D eigenvalue weighted by atomic mass is 35.5. The molecule has 0 bridgehead atoms. The third-order valence-electron chi connectivity index (χ3n) is 3.04. The first-order chi connectivity index (χ1) is 9.63. The van der Waals surface area contributed by atoms with Crippen LogP contribution >= 0.6 is 11.6 Å². The summed E-state index contributed by atoms with van der Waals surface area (Å²) >= 11 is 6.29. The van der Waals surface area contributed by atoms with Gasteiger partial charge in [0.1, 0.15) is 6.33 Å². The lowest BCUT2D eigenvalue weighted by atomic mass is 10.2. The number of nitrogens with zero attached hydrogens (tertiary/aromatic N) is 4. The molecule has 0 saturated heterocycles. The van der Waals surface area contributed by atoms with E-state index in [1.807, 2.05) is 19.1 Å². The van der Waals surface area contributed by atoms with E-state index in [0.29, 0.717) is 22.1 Å². The topological polar surface area (TPSA) is 78.8 Å². The van der Waals surface area contributed by atoms with Crippen molar-refractivity contribution in [2.45, 2.75) is 6.92 Å². The number of aryl methyl sites for hydroxylation is 1. The number of halogens is 1. The van der Waals surface area contributed by atoms with Gasteiger partial charge in [-0.15, -0.1) is 0 Å². The minimum Gasteiger partial charge on any atom is -0.479 e. The number of ether oxygens (including phenoxy) is 1. The highest BCUT2D eigenvalue weighted by Crippen LogP contribution is 2.31. The molecule has 0 saturated carbocycles. The van der Waals surface area contributed by atoms with Crippen LogP contribution in [0.4, 0.5) is 5.95 Å². The standard InChI is InChI=1S/C13H12ClN5O/c1-7-4-3-5-8(14)10(7)19-11-9(18-13(19)15)12(20-2)17-6-16-11/h3-6H,1-2H3,(H2,15,18). The molecule has 0 fully saturated rings. The van der Waals surface area contributed by atoms with Crippen molar-refractivity contribution in [1.29, 1.82) is 0 Å². The summed E-state index contributed by atoms with van der Waals surface area (Å²) in [6.45, 7) is 1.95. The number of nitrogen functional groups attached to an aromatic ring is 1. The second-order valence-corrected chi connectivity index (χ2v) is 4.67. The van der Waals surface area contributed by atoms with E-state index in [0.717, 1.165) is 11.3 Å². The van der Waals surface area contributed by atoms with Crippen LogP contribution in [0.25, 0.3) is 16.9 Å². The van der Waals surface area contributed by atoms with E-state index >= 15 is 0 Å². The Balaban J connectivity index is 2.40. The number of aromatic nitrogens is 4. The average molecular weight is 290 g/mol. The number of hydrogen-bond donors (Lipinski definition) is 1. The zero-order valence-electron chi connectivity index (χ0n) is 11.0. The van der Waals surface area contributed by atoms with E-state index in [-0.39, 0.29) is 5.95 Å². The van der Waals surface area contributed by atoms with Gasteiger partial charge in [-0.05, 0) is 18.6 Å². The van der Waals surface area contributed by atoms with E-state index in [9.17, 15) is 0 Å². The van der Waals surface area contributed by atoms with E-state index in [1.165, 1.54) is 13.4 Å². The van der Waals surface area contributed by atoms with Gasteiger partial charge < -0.3 is 10.5 Å². The number of nitrogens with two attached hydrogens (primary N) is 1. The monoisotopic (exact) mass is 289 g/mol. The van der Waals surface area contributed by atoms with Crippen LogP contribution in [0, 0.1) is 6.92 Å². The minimum absolute atomic E-state index is 0.287. The predicted octanol–water partition coefficient (Wildman–Crippen LogP) is 2.37. The largest absolute Gasteiger partial charge is 0.479 e. The van der Waals surface area contributed by atoms with Gasteiger partial charge in [-0.1, -0.05) is 23.7 Å². The van der Waals surface area contributed by atoms with Crippen LogP contribution in [0.1, 0.15) is 5.56 Å². The van der Waals surface area contributed by atoms with Gasteiger partial charge in [0.05, 0.1) is 17.8 Å². The third kappa shape index (κ3) is 1.77. The van der Waals surface area contributed by atoms with Crippen LogP contribution in [0.5, 0.6) is 5.88 Å². The van der Waals surface area contributed by atoms with E-state index in [1.54, 1.807) is 10.6 Å². The number of para-hydroxylation sites is 1. The zero-order chi connectivity index (χ0) is 14.3. The quantitative estimate of drug-likeness (QED) is 0.783. The van der Waals surface area contributed by atoms with Gasteiger partial charge in [-0.3, -0.25) is 4.57 Å². The summed E-state index contributed by atoms with van der Waals surface area (Å²) < 4.78 is 6.88. The van der Waals surface area contributed by atoms with Crippen LogP contribution in [0.15, 0.2) is 24.5 Å². The molecule has 0 amide bonds. The molecule has 3 rings (SSSR count). The van der Waals surface area contributed by atoms with Crippen LogP contribution < -0.4 is 10.5 Å². The fourth-order valence-electron chi connectivity index (χ4n) is 2.16. The van der Waals surface area contributed by atoms with E-state index < -0.39 is 0 Å². The van der Waals surface area contributed by atoms with Crippen molar-refractivity contribution >= 4 is 28.7 Å². The van der Waals surface area contributed by atoms with Crippen molar-refractivity contribution in [3.63, 3.8) is 0 Å². The van der Waals surface area contributed by atoms with Crippen molar-refractivity contribution in [1.82, 2.24) is 19.5 Å². The van der Waals surface area contributed by atoms with Gasteiger partial charge >= 0.3 is 0 Å². The first-order valence-corrected chi connectivity index (χ1v) is 6.29. The normalized spacial score (nSPS) is 10.9. The second kappa shape index (κ2) is 4.64. The highest BCUT2D eigenvalue weighted by molar-refractivity contribution is 6.32. The molecule has 0 aliphatic carbocycles. The van der Waals surface area contributed by atoms with Crippen LogP contribution in [-0.4, -0.2) is 26.6 Å². The van der Waals surface area contributed by atoms with Gasteiger partial charge in [-0.25, -0.2) is 9.97 Å². The van der Waals surface area contributed by atoms with Crippen molar-refractivity contribution in [2.75, 3.05) is 12.8 Å². The van der Waals surface area contributed by atoms with Crippen molar-refractivity contribution < 1.29 is 4.74 Å². The van der Waals surface area contributed by atoms with Gasteiger partial charge in [0.25, 0.3) is 0 Å². The molecule has 0 spiro atoms. The fourth-order valence-corrected chi connectivity index (χ4v) is 2.47. The predicted molar refractivity (Wildman–Crippen MR) is 77.4 cm³/mol. The Kier molecular flexibility index (Phi) is 2.94. The summed E-state index contributed by atoms with van der Waals surface area (Å²) in [5.41, 5.74) is 8.82. The average Bonchev–Trinajstić information content (AvgIpc) is 2.75. The Morgan fingerprint density at radius 2 is 2.10 bits per heavy atom. The van der Waals surface area contributed by atoms with Gasteiger partial charge in [0, 0.05) is 0 Å². The van der Waals surface area contributed by atoms with Crippen molar-refractivity contribution in [2.24, 2.45) is 0 Å². The molecule has 2 heterocycles. The molecule has 2 aromatic heterocycles. The number of anilines is 1. The maximum atomic E-state index is 6.29. The molecule has 1 aromatic carbocycles. The molecule has 2 N–H and O–H groups in total. The molecule has 3 aromatic rings. The SMILES string of the molecule is COc1ncnc2c1nc(N)n2-c1c(C)cccc1Cl. The molecule has 0 aliphatic rings. The molecule has 102 valence electrons. The number of rotatable bonds is 2. The summed E-state index contributed by atoms with van der Waals surface area (Å²) in [4.78, 5) is 12.5. The zero-order valence-corrected chi connectivity index (χ0v) is 11.7. The van der Waals surface area contributed by atoms with E-state index in [2.05, 4.69) is 15.0 Å². The number of imidazole rings is 1. The van der Waals surface area contributed by atoms with Crippen molar-refractivity contribution in [3.8, 4) is 11.6 Å². The maximum Gasteiger partial charge on any atom is 0.245 e. The number of fused-ring (bicyclic) bond motifs is 1. The van der Waals surface area contributed by atoms with Gasteiger partial charge in [0.15, 0.2) is 11.2 Å². The molecular formula is C13H12ClN5O. The second-order valence-electron chi connectivity index (χ2n) is 4.27. The molecule has 7 heteroatoms. The smallest absolute Gasteiger partial charge is 0.245 e. The number of benzene rings is 1. The lowest BCUT2D eigenvalue weighted by Crippen LogP contribution is -2.04. The maximum absolute atomic E-state index is 6.29. The summed E-state index contributed by atoms with van der Waals surface area (Å²) in [6.07, 6.45) is 1.41. The third-order valence-corrected chi connectivity index (χ3v) is 3.35. The fraction of sp³-hybridized carbons (Fsp3) is 0.154. The Hall–Kier alpha value is -2.34. The summed E-state index contributed by atoms with van der Waals surface area (Å²) in [5.74, 6) is 0.667. The summed E-state index contributed by atoms with van der Waals surface area (Å²) in [6, 6.07) is 5.63. The first-order valence-electron chi connectivity index (χ1n) is 5.92. The van der Waals surface area contributed by atoms with Gasteiger partial charge in [0.2, 0.25) is 11.8 Å². The summed E-state index contributed by atoms with van der Waals surface area (Å²) in [7, 11) is 1.53. The Morgan fingerprint density at radius 1 is 1.30 bits per heavy atom. The summed E-state index contributed by atoms with van der Waals surface area (Å²) in [5, 5.41) is 0.577.